The zero-order valence-corrected chi connectivity index (χ0v) is 13.0. The van der Waals surface area contributed by atoms with E-state index in [0.29, 0.717) is 10.9 Å². The maximum atomic E-state index is 13.0. The van der Waals surface area contributed by atoms with Crippen molar-refractivity contribution in [1.82, 2.24) is 5.32 Å². The molecule has 1 aliphatic rings. The number of hydrogen-bond acceptors (Lipinski definition) is 3. The van der Waals surface area contributed by atoms with Gasteiger partial charge in [0.05, 0.1) is 16.2 Å². The molecular formula is C17H11F3N2OS. The monoisotopic (exact) mass is 348 g/mol. The summed E-state index contributed by atoms with van der Waals surface area (Å²) >= 11 is 1.01. The molecule has 1 fully saturated rings. The molecule has 1 aliphatic heterocycles. The Bertz CT molecular complexity index is 829. The van der Waals surface area contributed by atoms with E-state index < -0.39 is 17.6 Å². The summed E-state index contributed by atoms with van der Waals surface area (Å²) in [5.41, 5.74) is -0.180. The van der Waals surface area contributed by atoms with Gasteiger partial charge in [0, 0.05) is 0 Å². The average molecular weight is 348 g/mol. The summed E-state index contributed by atoms with van der Waals surface area (Å²) in [6, 6.07) is 14.1. The number of alkyl halides is 3. The van der Waals surface area contributed by atoms with E-state index in [1.807, 2.05) is 6.07 Å². The van der Waals surface area contributed by atoms with Crippen LogP contribution in [0.15, 0.2) is 64.5 Å². The Morgan fingerprint density at radius 2 is 1.67 bits per heavy atom. The fraction of sp³-hybridized carbons (Fsp3) is 0.0588. The topological polar surface area (TPSA) is 41.5 Å². The Kier molecular flexibility index (Phi) is 4.44. The molecule has 0 spiro atoms. The Hall–Kier alpha value is -2.54. The third-order valence-electron chi connectivity index (χ3n) is 3.19. The molecule has 7 heteroatoms. The van der Waals surface area contributed by atoms with Crippen LogP contribution in [0.2, 0.25) is 0 Å². The molecule has 0 aliphatic carbocycles. The molecule has 122 valence electrons. The van der Waals surface area contributed by atoms with E-state index in [1.54, 1.807) is 24.3 Å². The van der Waals surface area contributed by atoms with Crippen molar-refractivity contribution in [2.45, 2.75) is 6.18 Å². The van der Waals surface area contributed by atoms with E-state index in [-0.39, 0.29) is 10.5 Å². The highest BCUT2D eigenvalue weighted by atomic mass is 32.2. The number of halogens is 3. The van der Waals surface area contributed by atoms with Gasteiger partial charge in [-0.2, -0.15) is 13.2 Å². The number of para-hydroxylation sites is 1. The van der Waals surface area contributed by atoms with E-state index in [4.69, 9.17) is 0 Å². The number of thioether (sulfide) groups is 1. The predicted molar refractivity (Wildman–Crippen MR) is 88.7 cm³/mol. The summed E-state index contributed by atoms with van der Waals surface area (Å²) < 4.78 is 39.1. The van der Waals surface area contributed by atoms with Gasteiger partial charge in [-0.25, -0.2) is 4.99 Å². The van der Waals surface area contributed by atoms with Crippen LogP contribution in [0.25, 0.3) is 6.08 Å². The molecule has 0 unspecified atom stereocenters. The summed E-state index contributed by atoms with van der Waals surface area (Å²) in [6.07, 6.45) is -3.25. The predicted octanol–water partition coefficient (Wildman–Crippen LogP) is 4.60. The Labute approximate surface area is 140 Å². The molecule has 2 aromatic rings. The second-order valence-electron chi connectivity index (χ2n) is 4.90. The summed E-state index contributed by atoms with van der Waals surface area (Å²) in [6.45, 7) is 0. The SMILES string of the molecule is O=C1NC(=Nc2ccccc2)S/C1=C/c1ccccc1C(F)(F)F. The van der Waals surface area contributed by atoms with Gasteiger partial charge in [-0.3, -0.25) is 4.79 Å². The molecule has 0 radical (unpaired) electrons. The second kappa shape index (κ2) is 6.52. The number of hydrogen-bond donors (Lipinski definition) is 1. The minimum absolute atomic E-state index is 0.0522. The smallest absolute Gasteiger partial charge is 0.300 e. The molecule has 0 aromatic heterocycles. The number of amides is 1. The molecule has 1 heterocycles. The normalized spacial score (nSPS) is 18.2. The first-order chi connectivity index (χ1) is 11.4. The van der Waals surface area contributed by atoms with Gasteiger partial charge in [-0.05, 0) is 41.6 Å². The Balaban J connectivity index is 1.90. The zero-order valence-electron chi connectivity index (χ0n) is 12.2. The molecule has 1 saturated heterocycles. The van der Waals surface area contributed by atoms with Crippen LogP contribution in [0.3, 0.4) is 0 Å². The standard InChI is InChI=1S/C17H11F3N2OS/c18-17(19,20)13-9-5-4-6-11(13)10-14-15(23)22-16(24-14)21-12-7-2-1-3-8-12/h1-10H,(H,21,22,23)/b14-10+. The molecular weight excluding hydrogens is 337 g/mol. The van der Waals surface area contributed by atoms with E-state index in [9.17, 15) is 18.0 Å². The van der Waals surface area contributed by atoms with Crippen molar-refractivity contribution in [3.8, 4) is 0 Å². The van der Waals surface area contributed by atoms with Crippen molar-refractivity contribution in [2.24, 2.45) is 4.99 Å². The summed E-state index contributed by atoms with van der Waals surface area (Å²) in [5.74, 6) is -0.466. The van der Waals surface area contributed by atoms with Crippen LogP contribution in [0.5, 0.6) is 0 Å². The van der Waals surface area contributed by atoms with Gasteiger partial charge < -0.3 is 5.32 Å². The summed E-state index contributed by atoms with van der Waals surface area (Å²) in [7, 11) is 0. The highest BCUT2D eigenvalue weighted by molar-refractivity contribution is 8.18. The molecule has 1 N–H and O–H groups in total. The van der Waals surface area contributed by atoms with Crippen LogP contribution in [0.1, 0.15) is 11.1 Å². The van der Waals surface area contributed by atoms with Gasteiger partial charge in [0.1, 0.15) is 0 Å². The summed E-state index contributed by atoms with van der Waals surface area (Å²) in [5, 5.41) is 2.89. The average Bonchev–Trinajstić information content (AvgIpc) is 2.87. The molecule has 0 atom stereocenters. The molecule has 24 heavy (non-hydrogen) atoms. The fourth-order valence-corrected chi connectivity index (χ4v) is 2.96. The lowest BCUT2D eigenvalue weighted by Crippen LogP contribution is -2.19. The van der Waals surface area contributed by atoms with Gasteiger partial charge in [0.15, 0.2) is 5.17 Å². The van der Waals surface area contributed by atoms with Crippen LogP contribution in [-0.2, 0) is 11.0 Å². The number of benzene rings is 2. The van der Waals surface area contributed by atoms with Crippen molar-refractivity contribution >= 4 is 34.6 Å². The molecule has 3 nitrogen and oxygen atoms in total. The van der Waals surface area contributed by atoms with Crippen molar-refractivity contribution < 1.29 is 18.0 Å². The van der Waals surface area contributed by atoms with Crippen molar-refractivity contribution in [3.63, 3.8) is 0 Å². The van der Waals surface area contributed by atoms with Crippen LogP contribution < -0.4 is 5.32 Å². The zero-order chi connectivity index (χ0) is 17.2. The van der Waals surface area contributed by atoms with Gasteiger partial charge in [-0.15, -0.1) is 0 Å². The van der Waals surface area contributed by atoms with Crippen molar-refractivity contribution in [3.05, 3.63) is 70.6 Å². The lowest BCUT2D eigenvalue weighted by atomic mass is 10.1. The quantitative estimate of drug-likeness (QED) is 0.806. The van der Waals surface area contributed by atoms with E-state index in [1.165, 1.54) is 24.3 Å². The number of rotatable bonds is 2. The number of carbonyl (C=O) groups is 1. The molecule has 2 aromatic carbocycles. The Morgan fingerprint density at radius 3 is 2.38 bits per heavy atom. The Morgan fingerprint density at radius 1 is 1.00 bits per heavy atom. The largest absolute Gasteiger partial charge is 0.416 e. The third-order valence-corrected chi connectivity index (χ3v) is 4.10. The number of aliphatic imine (C=N–C) groups is 1. The van der Waals surface area contributed by atoms with Crippen LogP contribution >= 0.6 is 11.8 Å². The minimum Gasteiger partial charge on any atom is -0.300 e. The van der Waals surface area contributed by atoms with Crippen LogP contribution in [0.4, 0.5) is 18.9 Å². The van der Waals surface area contributed by atoms with E-state index in [2.05, 4.69) is 10.3 Å². The van der Waals surface area contributed by atoms with Gasteiger partial charge in [0.25, 0.3) is 5.91 Å². The number of carbonyl (C=O) groups excluding carboxylic acids is 1. The second-order valence-corrected chi connectivity index (χ2v) is 5.93. The first kappa shape index (κ1) is 16.3. The van der Waals surface area contributed by atoms with E-state index >= 15 is 0 Å². The number of nitrogens with one attached hydrogen (secondary N) is 1. The molecule has 0 saturated carbocycles. The maximum Gasteiger partial charge on any atom is 0.416 e. The van der Waals surface area contributed by atoms with Gasteiger partial charge >= 0.3 is 6.18 Å². The number of amidine groups is 1. The van der Waals surface area contributed by atoms with Crippen molar-refractivity contribution in [1.29, 1.82) is 0 Å². The third kappa shape index (κ3) is 3.68. The lowest BCUT2D eigenvalue weighted by Gasteiger charge is -2.09. The van der Waals surface area contributed by atoms with Crippen molar-refractivity contribution in [2.75, 3.05) is 0 Å². The highest BCUT2D eigenvalue weighted by Gasteiger charge is 2.33. The van der Waals surface area contributed by atoms with Crippen LogP contribution in [-0.4, -0.2) is 11.1 Å². The van der Waals surface area contributed by atoms with E-state index in [0.717, 1.165) is 17.8 Å². The maximum absolute atomic E-state index is 13.0. The number of nitrogens with zero attached hydrogens (tertiary/aromatic N) is 1. The lowest BCUT2D eigenvalue weighted by molar-refractivity contribution is -0.137. The molecule has 1 amide bonds. The first-order valence-electron chi connectivity index (χ1n) is 6.94. The minimum atomic E-state index is -4.48. The molecule has 0 bridgehead atoms. The molecule has 3 rings (SSSR count). The van der Waals surface area contributed by atoms with Crippen LogP contribution in [0, 0.1) is 0 Å². The summed E-state index contributed by atoms with van der Waals surface area (Å²) in [4.78, 5) is 16.4. The van der Waals surface area contributed by atoms with Gasteiger partial charge in [-0.1, -0.05) is 36.4 Å². The highest BCUT2D eigenvalue weighted by Crippen LogP contribution is 2.35. The van der Waals surface area contributed by atoms with Gasteiger partial charge in [0.2, 0.25) is 0 Å². The first-order valence-corrected chi connectivity index (χ1v) is 7.76. The fourth-order valence-electron chi connectivity index (χ4n) is 2.12.